The molecule has 1 aliphatic heterocycles. The number of carbonyl (C=O) groups excluding carboxylic acids is 2. The summed E-state index contributed by atoms with van der Waals surface area (Å²) < 4.78 is 5.23. The summed E-state index contributed by atoms with van der Waals surface area (Å²) in [5, 5.41) is 14.2. The predicted molar refractivity (Wildman–Crippen MR) is 107 cm³/mol. The molecule has 3 aromatic rings. The minimum absolute atomic E-state index is 0.113. The molecule has 30 heavy (non-hydrogen) atoms. The molecular formula is C21H17N3O6. The first-order valence-corrected chi connectivity index (χ1v) is 9.11. The summed E-state index contributed by atoms with van der Waals surface area (Å²) in [6.07, 6.45) is 0. The average Bonchev–Trinajstić information content (AvgIpc) is 2.91. The van der Waals surface area contributed by atoms with E-state index in [4.69, 9.17) is 4.42 Å². The molecule has 0 spiro atoms. The molecule has 1 aromatic heterocycles. The number of hydrogen-bond donors (Lipinski definition) is 1. The summed E-state index contributed by atoms with van der Waals surface area (Å²) in [5.74, 6) is -0.519. The first-order valence-electron chi connectivity index (χ1n) is 9.11. The lowest BCUT2D eigenvalue weighted by Crippen LogP contribution is -2.40. The van der Waals surface area contributed by atoms with E-state index >= 15 is 0 Å². The molecule has 2 aromatic carbocycles. The van der Waals surface area contributed by atoms with Gasteiger partial charge in [0, 0.05) is 23.6 Å². The average molecular weight is 407 g/mol. The van der Waals surface area contributed by atoms with E-state index in [1.807, 2.05) is 13.0 Å². The number of aryl methyl sites for hydroxylation is 1. The van der Waals surface area contributed by atoms with Gasteiger partial charge in [-0.2, -0.15) is 0 Å². The minimum atomic E-state index is -1.38. The fourth-order valence-corrected chi connectivity index (χ4v) is 3.59. The van der Waals surface area contributed by atoms with Crippen molar-refractivity contribution < 1.29 is 18.9 Å². The van der Waals surface area contributed by atoms with Gasteiger partial charge in [0.1, 0.15) is 11.1 Å². The Morgan fingerprint density at radius 2 is 1.80 bits per heavy atom. The molecule has 9 nitrogen and oxygen atoms in total. The van der Waals surface area contributed by atoms with Crippen molar-refractivity contribution in [2.24, 2.45) is 0 Å². The zero-order valence-electron chi connectivity index (χ0n) is 16.2. The Balaban J connectivity index is 1.69. The smallest absolute Gasteiger partial charge is 0.336 e. The molecule has 0 bridgehead atoms. The second kappa shape index (κ2) is 6.80. The standard InChI is InChI=1S/C21H17N3O6/c1-12-3-8-16-13(10-18(25)30-17(16)9-12)11-23-19(26)21(2,22-20(23)27)14-4-6-15(7-5-14)24(28)29/h3-10H,11H2,1-2H3,(H,22,27). The summed E-state index contributed by atoms with van der Waals surface area (Å²) in [4.78, 5) is 49.1. The van der Waals surface area contributed by atoms with Gasteiger partial charge in [-0.15, -0.1) is 0 Å². The maximum absolute atomic E-state index is 13.1. The van der Waals surface area contributed by atoms with Crippen LogP contribution in [-0.2, 0) is 16.9 Å². The number of nitrogens with zero attached hydrogens (tertiary/aromatic N) is 2. The van der Waals surface area contributed by atoms with Gasteiger partial charge in [0.15, 0.2) is 0 Å². The normalized spacial score (nSPS) is 18.7. The SMILES string of the molecule is Cc1ccc2c(CN3C(=O)NC(C)(c4ccc([N+](=O)[O-])cc4)C3=O)cc(=O)oc2c1. The maximum atomic E-state index is 13.1. The topological polar surface area (TPSA) is 123 Å². The van der Waals surface area contributed by atoms with Crippen molar-refractivity contribution >= 4 is 28.6 Å². The number of urea groups is 1. The van der Waals surface area contributed by atoms with Crippen molar-refractivity contribution in [2.45, 2.75) is 25.9 Å². The third-order valence-corrected chi connectivity index (χ3v) is 5.24. The highest BCUT2D eigenvalue weighted by atomic mass is 16.6. The van der Waals surface area contributed by atoms with Crippen molar-refractivity contribution in [1.82, 2.24) is 10.2 Å². The molecule has 0 aliphatic carbocycles. The van der Waals surface area contributed by atoms with Crippen molar-refractivity contribution in [3.8, 4) is 0 Å². The molecule has 2 heterocycles. The Hall–Kier alpha value is -4.01. The lowest BCUT2D eigenvalue weighted by molar-refractivity contribution is -0.384. The predicted octanol–water partition coefficient (Wildman–Crippen LogP) is 2.98. The summed E-state index contributed by atoms with van der Waals surface area (Å²) in [6, 6.07) is 11.4. The third kappa shape index (κ3) is 3.10. The minimum Gasteiger partial charge on any atom is -0.423 e. The highest BCUT2D eigenvalue weighted by molar-refractivity contribution is 6.07. The first-order chi connectivity index (χ1) is 14.2. The van der Waals surface area contributed by atoms with Gasteiger partial charge in [0.25, 0.3) is 11.6 Å². The molecule has 152 valence electrons. The largest absolute Gasteiger partial charge is 0.423 e. The zero-order valence-corrected chi connectivity index (χ0v) is 16.2. The van der Waals surface area contributed by atoms with Crippen LogP contribution >= 0.6 is 0 Å². The van der Waals surface area contributed by atoms with Crippen LogP contribution in [0.1, 0.15) is 23.6 Å². The number of non-ortho nitro benzene ring substituents is 1. The molecule has 3 amide bonds. The number of nitrogens with one attached hydrogen (secondary N) is 1. The Morgan fingerprint density at radius 3 is 2.47 bits per heavy atom. The molecule has 1 aliphatic rings. The van der Waals surface area contributed by atoms with Crippen LogP contribution in [0.25, 0.3) is 11.0 Å². The molecule has 1 saturated heterocycles. The highest BCUT2D eigenvalue weighted by Crippen LogP contribution is 2.31. The number of amides is 3. The van der Waals surface area contributed by atoms with E-state index in [0.717, 1.165) is 10.5 Å². The van der Waals surface area contributed by atoms with Crippen molar-refractivity contribution in [1.29, 1.82) is 0 Å². The van der Waals surface area contributed by atoms with Crippen LogP contribution < -0.4 is 10.9 Å². The van der Waals surface area contributed by atoms with Crippen LogP contribution in [0.15, 0.2) is 57.7 Å². The molecule has 1 fully saturated rings. The third-order valence-electron chi connectivity index (χ3n) is 5.24. The lowest BCUT2D eigenvalue weighted by atomic mass is 9.92. The number of benzene rings is 2. The van der Waals surface area contributed by atoms with E-state index < -0.39 is 28.0 Å². The van der Waals surface area contributed by atoms with Crippen LogP contribution in [0.4, 0.5) is 10.5 Å². The van der Waals surface area contributed by atoms with E-state index in [9.17, 15) is 24.5 Å². The molecule has 1 unspecified atom stereocenters. The van der Waals surface area contributed by atoms with Crippen LogP contribution in [0.2, 0.25) is 0 Å². The van der Waals surface area contributed by atoms with Gasteiger partial charge < -0.3 is 9.73 Å². The van der Waals surface area contributed by atoms with E-state index in [1.54, 1.807) is 12.1 Å². The Bertz CT molecular complexity index is 1260. The van der Waals surface area contributed by atoms with Crippen molar-refractivity contribution in [3.05, 3.63) is 85.8 Å². The first kappa shape index (κ1) is 19.3. The van der Waals surface area contributed by atoms with Crippen LogP contribution in [-0.4, -0.2) is 21.8 Å². The number of fused-ring (bicyclic) bond motifs is 1. The van der Waals surface area contributed by atoms with Gasteiger partial charge in [-0.25, -0.2) is 9.59 Å². The van der Waals surface area contributed by atoms with Gasteiger partial charge in [-0.1, -0.05) is 12.1 Å². The second-order valence-corrected chi connectivity index (χ2v) is 7.34. The van der Waals surface area contributed by atoms with Crippen molar-refractivity contribution in [2.75, 3.05) is 0 Å². The second-order valence-electron chi connectivity index (χ2n) is 7.34. The molecule has 9 heteroatoms. The maximum Gasteiger partial charge on any atom is 0.336 e. The zero-order chi connectivity index (χ0) is 21.6. The van der Waals surface area contributed by atoms with Crippen LogP contribution in [0, 0.1) is 17.0 Å². The van der Waals surface area contributed by atoms with Gasteiger partial charge >= 0.3 is 11.7 Å². The van der Waals surface area contributed by atoms with Gasteiger partial charge in [0.05, 0.1) is 11.5 Å². The summed E-state index contributed by atoms with van der Waals surface area (Å²) in [5.41, 5.74) is 0.117. The van der Waals surface area contributed by atoms with E-state index in [0.29, 0.717) is 22.1 Å². The molecule has 1 atom stereocenters. The van der Waals surface area contributed by atoms with E-state index in [2.05, 4.69) is 5.32 Å². The summed E-state index contributed by atoms with van der Waals surface area (Å²) >= 11 is 0. The van der Waals surface area contributed by atoms with Crippen LogP contribution in [0.5, 0.6) is 0 Å². The summed E-state index contributed by atoms with van der Waals surface area (Å²) in [6.45, 7) is 3.28. The van der Waals surface area contributed by atoms with Crippen LogP contribution in [0.3, 0.4) is 0 Å². The molecule has 1 N–H and O–H groups in total. The molecule has 0 radical (unpaired) electrons. The molecular weight excluding hydrogens is 390 g/mol. The fraction of sp³-hybridized carbons (Fsp3) is 0.190. The molecule has 4 rings (SSSR count). The van der Waals surface area contributed by atoms with E-state index in [-0.39, 0.29) is 12.2 Å². The fourth-order valence-electron chi connectivity index (χ4n) is 3.59. The number of rotatable bonds is 4. The van der Waals surface area contributed by atoms with Gasteiger partial charge in [0.2, 0.25) is 0 Å². The number of carbonyl (C=O) groups is 2. The Morgan fingerprint density at radius 1 is 1.10 bits per heavy atom. The number of imide groups is 1. The van der Waals surface area contributed by atoms with E-state index in [1.165, 1.54) is 37.3 Å². The van der Waals surface area contributed by atoms with Crippen molar-refractivity contribution in [3.63, 3.8) is 0 Å². The Kier molecular flexibility index (Phi) is 4.38. The number of nitro benzene ring substituents is 1. The van der Waals surface area contributed by atoms with Gasteiger partial charge in [-0.3, -0.25) is 19.8 Å². The lowest BCUT2D eigenvalue weighted by Gasteiger charge is -2.22. The monoisotopic (exact) mass is 407 g/mol. The number of nitro groups is 1. The highest BCUT2D eigenvalue weighted by Gasteiger charge is 2.49. The quantitative estimate of drug-likeness (QED) is 0.307. The Labute approximate surface area is 170 Å². The number of hydrogen-bond acceptors (Lipinski definition) is 6. The molecule has 0 saturated carbocycles. The van der Waals surface area contributed by atoms with Gasteiger partial charge in [-0.05, 0) is 48.7 Å². The summed E-state index contributed by atoms with van der Waals surface area (Å²) in [7, 11) is 0.